The van der Waals surface area contributed by atoms with Crippen LogP contribution in [-0.2, 0) is 14.8 Å². The number of hydrogen-bond donors (Lipinski definition) is 6. The second-order valence-corrected chi connectivity index (χ2v) is 14.6. The number of aromatic hydroxyl groups is 2. The zero-order valence-electron chi connectivity index (χ0n) is 28.6. The highest BCUT2D eigenvalue weighted by molar-refractivity contribution is 7.92. The first-order chi connectivity index (χ1) is 24.0. The van der Waals surface area contributed by atoms with Gasteiger partial charge in [-0.25, -0.2) is 13.2 Å². The van der Waals surface area contributed by atoms with Gasteiger partial charge in [0.25, 0.3) is 0 Å². The number of nitrogens with one attached hydrogen (secondary N) is 3. The normalized spacial score (nSPS) is 14.5. The maximum atomic E-state index is 12.8. The largest absolute Gasteiger partial charge is 0.507 e. The molecule has 3 aromatic rings. The van der Waals surface area contributed by atoms with Crippen molar-refractivity contribution in [1.29, 1.82) is 5.26 Å². The quantitative estimate of drug-likeness (QED) is 0.0670. The molecule has 0 bridgehead atoms. The number of benzene rings is 3. The summed E-state index contributed by atoms with van der Waals surface area (Å²) in [5.74, 6) is -0.173. The van der Waals surface area contributed by atoms with E-state index in [2.05, 4.69) is 26.3 Å². The van der Waals surface area contributed by atoms with Gasteiger partial charge in [-0.15, -0.1) is 0 Å². The van der Waals surface area contributed by atoms with Crippen LogP contribution in [0.4, 0.5) is 16.2 Å². The zero-order chi connectivity index (χ0) is 35.9. The molecule has 4 rings (SSSR count). The fourth-order valence-corrected chi connectivity index (χ4v) is 6.62. The van der Waals surface area contributed by atoms with Crippen molar-refractivity contribution < 1.29 is 33.3 Å². The number of nitrogens with zero attached hydrogens (tertiary/aromatic N) is 2. The van der Waals surface area contributed by atoms with E-state index in [1.54, 1.807) is 42.5 Å². The number of phenolic OH excluding ortho intramolecular Hbond substituents is 2. The second-order valence-electron chi connectivity index (χ2n) is 12.8. The number of ether oxygens (including phenoxy) is 1. The topological polar surface area (TPSA) is 184 Å². The van der Waals surface area contributed by atoms with Crippen LogP contribution < -0.4 is 15.4 Å². The van der Waals surface area contributed by atoms with E-state index >= 15 is 0 Å². The summed E-state index contributed by atoms with van der Waals surface area (Å²) in [5, 5.41) is 46.0. The van der Waals surface area contributed by atoms with Gasteiger partial charge in [0.2, 0.25) is 10.0 Å². The summed E-state index contributed by atoms with van der Waals surface area (Å²) >= 11 is 0. The van der Waals surface area contributed by atoms with Crippen molar-refractivity contribution in [1.82, 2.24) is 10.2 Å². The molecule has 1 heterocycles. The fourth-order valence-electron chi connectivity index (χ4n) is 6.06. The number of aliphatic hydroxyl groups excluding tert-OH is 1. The molecule has 1 saturated heterocycles. The van der Waals surface area contributed by atoms with Gasteiger partial charge in [-0.3, -0.25) is 10.0 Å². The van der Waals surface area contributed by atoms with Crippen LogP contribution in [0, 0.1) is 11.3 Å². The van der Waals surface area contributed by atoms with E-state index in [9.17, 15) is 33.8 Å². The summed E-state index contributed by atoms with van der Waals surface area (Å²) in [6, 6.07) is 18.2. The smallest absolute Gasteiger partial charge is 0.411 e. The van der Waals surface area contributed by atoms with Crippen molar-refractivity contribution >= 4 is 27.5 Å². The highest BCUT2D eigenvalue weighted by Crippen LogP contribution is 2.35. The minimum Gasteiger partial charge on any atom is -0.507 e. The molecule has 0 radical (unpaired) electrons. The third-order valence-corrected chi connectivity index (χ3v) is 9.34. The van der Waals surface area contributed by atoms with E-state index in [-0.39, 0.29) is 23.3 Å². The number of carbonyl (C=O) groups is 1. The van der Waals surface area contributed by atoms with Crippen LogP contribution in [0.5, 0.6) is 11.5 Å². The van der Waals surface area contributed by atoms with Gasteiger partial charge < -0.3 is 30.3 Å². The van der Waals surface area contributed by atoms with Crippen molar-refractivity contribution in [2.45, 2.75) is 70.0 Å². The number of anilines is 2. The third kappa shape index (κ3) is 12.5. The average molecular weight is 708 g/mol. The number of carbonyl (C=O) groups excluding carboxylic acids is 1. The predicted molar refractivity (Wildman–Crippen MR) is 195 cm³/mol. The third-order valence-electron chi connectivity index (χ3n) is 8.75. The molecule has 50 heavy (non-hydrogen) atoms. The molecule has 0 aliphatic carbocycles. The Morgan fingerprint density at radius 1 is 0.920 bits per heavy atom. The summed E-state index contributed by atoms with van der Waals surface area (Å²) < 4.78 is 30.9. The van der Waals surface area contributed by atoms with Crippen molar-refractivity contribution in [3.05, 3.63) is 71.8 Å². The molecule has 6 N–H and O–H groups in total. The van der Waals surface area contributed by atoms with Crippen LogP contribution in [0.15, 0.2) is 60.7 Å². The molecule has 270 valence electrons. The molecule has 1 aliphatic rings. The highest BCUT2D eigenvalue weighted by Gasteiger charge is 2.23. The van der Waals surface area contributed by atoms with Crippen LogP contribution in [-0.4, -0.2) is 79.8 Å². The van der Waals surface area contributed by atoms with Gasteiger partial charge in [0.05, 0.1) is 35.4 Å². The lowest BCUT2D eigenvalue weighted by molar-refractivity contribution is 0.0584. The summed E-state index contributed by atoms with van der Waals surface area (Å²) in [7, 11) is -3.54. The zero-order valence-corrected chi connectivity index (χ0v) is 29.4. The number of sulfonamides is 1. The molecule has 13 heteroatoms. The first-order valence-electron chi connectivity index (χ1n) is 17.2. The number of nitriles is 1. The first kappa shape index (κ1) is 38.5. The molecule has 0 spiro atoms. The second kappa shape index (κ2) is 19.2. The molecule has 1 aliphatic heterocycles. The van der Waals surface area contributed by atoms with Crippen molar-refractivity contribution in [2.75, 3.05) is 49.0 Å². The number of amides is 1. The van der Waals surface area contributed by atoms with E-state index in [0.717, 1.165) is 71.0 Å². The van der Waals surface area contributed by atoms with E-state index in [0.29, 0.717) is 34.5 Å². The molecule has 1 amide bonds. The molecule has 12 nitrogen and oxygen atoms in total. The average Bonchev–Trinajstić information content (AvgIpc) is 3.08. The number of likely N-dealkylation sites (tertiary alicyclic amines) is 1. The highest BCUT2D eigenvalue weighted by atomic mass is 32.2. The number of aliphatic hydroxyl groups is 1. The molecular formula is C37H49N5O7S. The molecule has 3 aromatic carbocycles. The first-order valence-corrected chi connectivity index (χ1v) is 19.1. The lowest BCUT2D eigenvalue weighted by Gasteiger charge is -2.31. The Hall–Kier alpha value is -4.35. The predicted octanol–water partition coefficient (Wildman–Crippen LogP) is 6.07. The minimum atomic E-state index is -3.54. The molecule has 0 saturated carbocycles. The summed E-state index contributed by atoms with van der Waals surface area (Å²) in [4.78, 5) is 15.2. The van der Waals surface area contributed by atoms with Crippen LogP contribution in [0.2, 0.25) is 0 Å². The van der Waals surface area contributed by atoms with Gasteiger partial charge >= 0.3 is 6.09 Å². The lowest BCUT2D eigenvalue weighted by atomic mass is 10.0. The van der Waals surface area contributed by atoms with Crippen molar-refractivity contribution in [3.63, 3.8) is 0 Å². The fraction of sp³-hybridized carbons (Fsp3) is 0.459. The Labute approximate surface area is 295 Å². The van der Waals surface area contributed by atoms with Crippen LogP contribution >= 0.6 is 0 Å². The minimum absolute atomic E-state index is 0.0233. The number of phenols is 2. The maximum Gasteiger partial charge on any atom is 0.411 e. The molecule has 0 aromatic heterocycles. The molecule has 0 unspecified atom stereocenters. The van der Waals surface area contributed by atoms with Gasteiger partial charge in [-0.2, -0.15) is 5.26 Å². The van der Waals surface area contributed by atoms with Crippen LogP contribution in [0.3, 0.4) is 0 Å². The summed E-state index contributed by atoms with van der Waals surface area (Å²) in [5.41, 5.74) is 2.55. The summed E-state index contributed by atoms with van der Waals surface area (Å²) in [6.45, 7) is 3.92. The van der Waals surface area contributed by atoms with E-state index in [1.807, 2.05) is 0 Å². The Bertz CT molecular complexity index is 1700. The van der Waals surface area contributed by atoms with Gasteiger partial charge in [0.15, 0.2) is 0 Å². The Morgan fingerprint density at radius 3 is 2.32 bits per heavy atom. The Kier molecular flexibility index (Phi) is 14.7. The van der Waals surface area contributed by atoms with Crippen LogP contribution in [0.1, 0.15) is 75.0 Å². The van der Waals surface area contributed by atoms with Crippen molar-refractivity contribution in [2.24, 2.45) is 0 Å². The molecule has 1 fully saturated rings. The number of piperidine rings is 1. The van der Waals surface area contributed by atoms with Gasteiger partial charge in [-0.1, -0.05) is 56.4 Å². The SMILES string of the molecule is CS(=O)(=O)Nc1cc([C@@H](O)CNCCCCCCCCCN2CCC(OC(=O)Nc3ccccc3-c3cc(C#N)ccc3O)CC2)ccc1O. The van der Waals surface area contributed by atoms with E-state index < -0.39 is 22.2 Å². The number of hydrogen-bond acceptors (Lipinski definition) is 10. The maximum absolute atomic E-state index is 12.8. The molecule has 1 atom stereocenters. The Morgan fingerprint density at radius 2 is 1.60 bits per heavy atom. The lowest BCUT2D eigenvalue weighted by Crippen LogP contribution is -2.38. The number of rotatable bonds is 18. The van der Waals surface area contributed by atoms with Crippen molar-refractivity contribution in [3.8, 4) is 28.7 Å². The number of para-hydroxylation sites is 1. The monoisotopic (exact) mass is 707 g/mol. The molecular weight excluding hydrogens is 659 g/mol. The van der Waals surface area contributed by atoms with Gasteiger partial charge in [0, 0.05) is 30.8 Å². The standard InChI is InChI=1S/C37H49N5O7S/c1-50(47,48)41-33-24-28(14-16-35(33)44)36(45)26-39-19-9-5-3-2-4-6-10-20-42-21-17-29(18-22-42)49-37(46)40-32-12-8-7-11-30(32)31-23-27(25-38)13-15-34(31)43/h7-8,11-16,23-24,29,36,39,41,43-45H,2-6,9-10,17-22,26H2,1H3,(H,40,46)/t36-/m0/s1. The van der Waals surface area contributed by atoms with Crippen LogP contribution in [0.25, 0.3) is 11.1 Å². The van der Waals surface area contributed by atoms with E-state index in [4.69, 9.17) is 4.74 Å². The number of unbranched alkanes of at least 4 members (excludes halogenated alkanes) is 6. The summed E-state index contributed by atoms with van der Waals surface area (Å²) in [6.07, 6.45) is 9.01. The van der Waals surface area contributed by atoms with Gasteiger partial charge in [-0.05, 0) is 80.7 Å². The Balaban J connectivity index is 1.02. The van der Waals surface area contributed by atoms with E-state index in [1.165, 1.54) is 37.5 Å². The van der Waals surface area contributed by atoms with Gasteiger partial charge in [0.1, 0.15) is 17.6 Å².